The van der Waals surface area contributed by atoms with Crippen LogP contribution < -0.4 is 0 Å². The highest BCUT2D eigenvalue weighted by atomic mass is 14.4. The summed E-state index contributed by atoms with van der Waals surface area (Å²) in [7, 11) is 0. The fourth-order valence-electron chi connectivity index (χ4n) is 9.14. The van der Waals surface area contributed by atoms with Crippen molar-refractivity contribution in [2.24, 2.45) is 41.4 Å². The van der Waals surface area contributed by atoms with Gasteiger partial charge in [-0.15, -0.1) is 0 Å². The second-order valence-electron chi connectivity index (χ2n) is 13.0. The highest BCUT2D eigenvalue weighted by Gasteiger charge is 2.37. The Balaban J connectivity index is 1.27. The lowest BCUT2D eigenvalue weighted by molar-refractivity contribution is 0.0717. The Kier molecular flexibility index (Phi) is 10.8. The second kappa shape index (κ2) is 13.8. The minimum Gasteiger partial charge on any atom is -0.0654 e. The molecule has 0 heterocycles. The number of rotatable bonds is 10. The van der Waals surface area contributed by atoms with E-state index >= 15 is 0 Å². The largest absolute Gasteiger partial charge is 0.0654 e. The average Bonchev–Trinajstić information content (AvgIpc) is 2.88. The molecule has 4 aliphatic rings. The molecule has 0 saturated heterocycles. The van der Waals surface area contributed by atoms with Gasteiger partial charge in [-0.2, -0.15) is 0 Å². The molecular formula is C32H58. The van der Waals surface area contributed by atoms with Crippen LogP contribution in [0.3, 0.4) is 0 Å². The van der Waals surface area contributed by atoms with Gasteiger partial charge in [0, 0.05) is 0 Å². The van der Waals surface area contributed by atoms with Crippen LogP contribution in [0.4, 0.5) is 0 Å². The van der Waals surface area contributed by atoms with E-state index in [0.29, 0.717) is 0 Å². The number of hydrogen-bond acceptors (Lipinski definition) is 0. The van der Waals surface area contributed by atoms with Gasteiger partial charge in [0.2, 0.25) is 0 Å². The van der Waals surface area contributed by atoms with Crippen LogP contribution in [0.2, 0.25) is 0 Å². The monoisotopic (exact) mass is 442 g/mol. The Morgan fingerprint density at radius 2 is 0.844 bits per heavy atom. The molecule has 0 atom stereocenters. The van der Waals surface area contributed by atoms with E-state index in [-0.39, 0.29) is 0 Å². The predicted octanol–water partition coefficient (Wildman–Crippen LogP) is 10.7. The third-order valence-electron chi connectivity index (χ3n) is 11.1. The molecule has 4 aliphatic carbocycles. The summed E-state index contributed by atoms with van der Waals surface area (Å²) in [6.45, 7) is 2.36. The van der Waals surface area contributed by atoms with E-state index in [2.05, 4.69) is 6.92 Å². The fourth-order valence-corrected chi connectivity index (χ4v) is 9.14. The molecule has 4 fully saturated rings. The van der Waals surface area contributed by atoms with Crippen LogP contribution in [0, 0.1) is 41.4 Å². The van der Waals surface area contributed by atoms with Gasteiger partial charge in [-0.1, -0.05) is 103 Å². The summed E-state index contributed by atoms with van der Waals surface area (Å²) in [5.41, 5.74) is 0. The van der Waals surface area contributed by atoms with Gasteiger partial charge in [-0.3, -0.25) is 0 Å². The van der Waals surface area contributed by atoms with Gasteiger partial charge < -0.3 is 0 Å². The van der Waals surface area contributed by atoms with Gasteiger partial charge in [-0.25, -0.2) is 0 Å². The SMILES string of the molecule is CCCCCCCC(C1CCC(C2CCCCC2)CC1)C1CCC(C2CCCCC2)CC1. The predicted molar refractivity (Wildman–Crippen MR) is 141 cm³/mol. The molecule has 186 valence electrons. The highest BCUT2D eigenvalue weighted by molar-refractivity contribution is 4.88. The third-order valence-corrected chi connectivity index (χ3v) is 11.1. The highest BCUT2D eigenvalue weighted by Crippen LogP contribution is 2.48. The van der Waals surface area contributed by atoms with E-state index in [1.165, 1.54) is 70.6 Å². The lowest BCUT2D eigenvalue weighted by Crippen LogP contribution is -2.33. The zero-order chi connectivity index (χ0) is 22.0. The van der Waals surface area contributed by atoms with Crippen LogP contribution in [-0.4, -0.2) is 0 Å². The maximum absolute atomic E-state index is 2.36. The van der Waals surface area contributed by atoms with Crippen molar-refractivity contribution in [3.63, 3.8) is 0 Å². The first kappa shape index (κ1) is 25.1. The molecular weight excluding hydrogens is 384 g/mol. The molecule has 0 amide bonds. The van der Waals surface area contributed by atoms with Crippen LogP contribution in [-0.2, 0) is 0 Å². The van der Waals surface area contributed by atoms with Crippen molar-refractivity contribution >= 4 is 0 Å². The van der Waals surface area contributed by atoms with Crippen LogP contribution in [0.25, 0.3) is 0 Å². The summed E-state index contributed by atoms with van der Waals surface area (Å²) in [6, 6.07) is 0. The van der Waals surface area contributed by atoms with Crippen molar-refractivity contribution in [2.45, 2.75) is 161 Å². The molecule has 0 aromatic carbocycles. The van der Waals surface area contributed by atoms with Gasteiger partial charge in [0.25, 0.3) is 0 Å². The molecule has 0 aromatic heterocycles. The van der Waals surface area contributed by atoms with Gasteiger partial charge in [0.1, 0.15) is 0 Å². The van der Waals surface area contributed by atoms with Crippen molar-refractivity contribution in [2.75, 3.05) is 0 Å². The summed E-state index contributed by atoms with van der Waals surface area (Å²) in [4.78, 5) is 0. The zero-order valence-corrected chi connectivity index (χ0v) is 22.0. The molecule has 0 N–H and O–H groups in total. The topological polar surface area (TPSA) is 0 Å². The lowest BCUT2D eigenvalue weighted by atomic mass is 9.62. The smallest absolute Gasteiger partial charge is 0.0357 e. The molecule has 0 aromatic rings. The van der Waals surface area contributed by atoms with Crippen LogP contribution in [0.15, 0.2) is 0 Å². The van der Waals surface area contributed by atoms with E-state index in [4.69, 9.17) is 0 Å². The van der Waals surface area contributed by atoms with Crippen molar-refractivity contribution in [3.8, 4) is 0 Å². The Labute approximate surface area is 202 Å². The number of unbranched alkanes of at least 4 members (excludes halogenated alkanes) is 4. The first-order chi connectivity index (χ1) is 15.8. The first-order valence-electron chi connectivity index (χ1n) is 15.8. The molecule has 0 nitrogen and oxygen atoms in total. The van der Waals surface area contributed by atoms with E-state index in [1.54, 1.807) is 83.5 Å². The Hall–Kier alpha value is 0. The maximum atomic E-state index is 2.36. The van der Waals surface area contributed by atoms with Crippen molar-refractivity contribution in [3.05, 3.63) is 0 Å². The fraction of sp³-hybridized carbons (Fsp3) is 1.00. The standard InChI is InChI=1S/C32H58/c1-2-3-4-5-12-17-32(30-22-18-28(19-23-30)26-13-8-6-9-14-26)31-24-20-29(21-25-31)27-15-10-7-11-16-27/h26-32H,2-25H2,1H3. The molecule has 0 spiro atoms. The van der Waals surface area contributed by atoms with Gasteiger partial charge in [0.05, 0.1) is 0 Å². The molecule has 4 rings (SSSR count). The number of hydrogen-bond donors (Lipinski definition) is 0. The van der Waals surface area contributed by atoms with Crippen molar-refractivity contribution in [1.82, 2.24) is 0 Å². The van der Waals surface area contributed by atoms with Crippen molar-refractivity contribution < 1.29 is 0 Å². The third kappa shape index (κ3) is 7.25. The summed E-state index contributed by atoms with van der Waals surface area (Å²) in [5.74, 6) is 7.73. The van der Waals surface area contributed by atoms with Gasteiger partial charge >= 0.3 is 0 Å². The molecule has 32 heavy (non-hydrogen) atoms. The zero-order valence-electron chi connectivity index (χ0n) is 22.0. The Morgan fingerprint density at radius 3 is 1.28 bits per heavy atom. The van der Waals surface area contributed by atoms with E-state index in [0.717, 1.165) is 41.4 Å². The summed E-state index contributed by atoms with van der Waals surface area (Å²) >= 11 is 0. The molecule has 0 heteroatoms. The van der Waals surface area contributed by atoms with Gasteiger partial charge in [0.15, 0.2) is 0 Å². The minimum atomic E-state index is 1.09. The van der Waals surface area contributed by atoms with Crippen LogP contribution in [0.1, 0.15) is 161 Å². The summed E-state index contributed by atoms with van der Waals surface area (Å²) in [6.07, 6.45) is 37.2. The summed E-state index contributed by atoms with van der Waals surface area (Å²) < 4.78 is 0. The molecule has 0 bridgehead atoms. The Bertz CT molecular complexity index is 428. The Morgan fingerprint density at radius 1 is 0.438 bits per heavy atom. The van der Waals surface area contributed by atoms with Crippen LogP contribution in [0.5, 0.6) is 0 Å². The first-order valence-corrected chi connectivity index (χ1v) is 15.8. The molecule has 0 aliphatic heterocycles. The second-order valence-corrected chi connectivity index (χ2v) is 13.0. The quantitative estimate of drug-likeness (QED) is 0.295. The normalized spacial score (nSPS) is 34.4. The van der Waals surface area contributed by atoms with E-state index < -0.39 is 0 Å². The molecule has 0 unspecified atom stereocenters. The summed E-state index contributed by atoms with van der Waals surface area (Å²) in [5, 5.41) is 0. The lowest BCUT2D eigenvalue weighted by Gasteiger charge is -2.44. The van der Waals surface area contributed by atoms with Gasteiger partial charge in [-0.05, 0) is 99.2 Å². The average molecular weight is 443 g/mol. The van der Waals surface area contributed by atoms with Crippen molar-refractivity contribution in [1.29, 1.82) is 0 Å². The molecule has 0 radical (unpaired) electrons. The van der Waals surface area contributed by atoms with Crippen LogP contribution >= 0.6 is 0 Å². The van der Waals surface area contributed by atoms with E-state index in [1.807, 2.05) is 0 Å². The minimum absolute atomic E-state index is 1.09. The maximum Gasteiger partial charge on any atom is -0.0357 e. The molecule has 4 saturated carbocycles. The van der Waals surface area contributed by atoms with E-state index in [9.17, 15) is 0 Å².